The fourth-order valence-corrected chi connectivity index (χ4v) is 3.04. The minimum absolute atomic E-state index is 0.0261. The first-order valence-corrected chi connectivity index (χ1v) is 8.87. The van der Waals surface area contributed by atoms with Crippen molar-refractivity contribution in [1.82, 2.24) is 10.2 Å². The van der Waals surface area contributed by atoms with E-state index in [0.29, 0.717) is 45.3 Å². The minimum Gasteiger partial charge on any atom is -0.481 e. The fraction of sp³-hybridized carbons (Fsp3) is 0.526. The van der Waals surface area contributed by atoms with E-state index < -0.39 is 5.97 Å². The first kappa shape index (κ1) is 19.0. The zero-order chi connectivity index (χ0) is 18.1. The number of likely N-dealkylation sites (tertiary alicyclic amines) is 1. The Balaban J connectivity index is 1.65. The average Bonchev–Trinajstić information content (AvgIpc) is 2.64. The number of benzene rings is 1. The number of amides is 2. The molecule has 0 aliphatic carbocycles. The summed E-state index contributed by atoms with van der Waals surface area (Å²) in [6, 6.07) is 9.95. The number of aryl methyl sites for hydroxylation is 1. The van der Waals surface area contributed by atoms with Gasteiger partial charge in [-0.25, -0.2) is 0 Å². The lowest BCUT2D eigenvalue weighted by Crippen LogP contribution is -2.43. The first-order valence-electron chi connectivity index (χ1n) is 8.87. The van der Waals surface area contributed by atoms with Gasteiger partial charge >= 0.3 is 5.97 Å². The number of carboxylic acid groups (broad SMARTS) is 1. The topological polar surface area (TPSA) is 86.7 Å². The third kappa shape index (κ3) is 6.57. The van der Waals surface area contributed by atoms with Crippen LogP contribution in [0.5, 0.6) is 0 Å². The predicted octanol–water partition coefficient (Wildman–Crippen LogP) is 1.84. The van der Waals surface area contributed by atoms with Crippen molar-refractivity contribution in [2.45, 2.75) is 38.5 Å². The number of nitrogens with zero attached hydrogens (tertiary/aromatic N) is 1. The van der Waals surface area contributed by atoms with Crippen molar-refractivity contribution in [3.63, 3.8) is 0 Å². The van der Waals surface area contributed by atoms with Gasteiger partial charge in [0.05, 0.1) is 0 Å². The van der Waals surface area contributed by atoms with Gasteiger partial charge < -0.3 is 15.3 Å². The van der Waals surface area contributed by atoms with E-state index in [1.807, 2.05) is 35.2 Å². The van der Waals surface area contributed by atoms with Gasteiger partial charge in [-0.05, 0) is 31.2 Å². The molecule has 0 atom stereocenters. The third-order valence-corrected chi connectivity index (χ3v) is 4.56. The zero-order valence-electron chi connectivity index (χ0n) is 14.4. The SMILES string of the molecule is O=C(O)CCCNC(=O)C1CCN(C(=O)CCc2ccccc2)CC1. The van der Waals surface area contributed by atoms with E-state index in [-0.39, 0.29) is 24.2 Å². The molecule has 1 aromatic rings. The summed E-state index contributed by atoms with van der Waals surface area (Å²) in [5.74, 6) is -0.814. The van der Waals surface area contributed by atoms with Crippen molar-refractivity contribution >= 4 is 17.8 Å². The maximum Gasteiger partial charge on any atom is 0.303 e. The van der Waals surface area contributed by atoms with Gasteiger partial charge in [0.1, 0.15) is 0 Å². The molecule has 1 fully saturated rings. The van der Waals surface area contributed by atoms with Crippen LogP contribution in [0.25, 0.3) is 0 Å². The van der Waals surface area contributed by atoms with Crippen LogP contribution in [0, 0.1) is 5.92 Å². The smallest absolute Gasteiger partial charge is 0.303 e. The summed E-state index contributed by atoms with van der Waals surface area (Å²) >= 11 is 0. The van der Waals surface area contributed by atoms with Gasteiger partial charge in [0.25, 0.3) is 0 Å². The van der Waals surface area contributed by atoms with Gasteiger partial charge in [-0.3, -0.25) is 14.4 Å². The van der Waals surface area contributed by atoms with Gasteiger partial charge in [0, 0.05) is 38.4 Å². The summed E-state index contributed by atoms with van der Waals surface area (Å²) < 4.78 is 0. The van der Waals surface area contributed by atoms with Crippen LogP contribution in [-0.2, 0) is 20.8 Å². The van der Waals surface area contributed by atoms with Crippen LogP contribution in [0.1, 0.15) is 37.7 Å². The lowest BCUT2D eigenvalue weighted by Gasteiger charge is -2.31. The summed E-state index contributed by atoms with van der Waals surface area (Å²) in [6.07, 6.45) is 3.08. The number of hydrogen-bond donors (Lipinski definition) is 2. The molecular formula is C19H26N2O4. The molecule has 2 N–H and O–H groups in total. The molecule has 2 rings (SSSR count). The minimum atomic E-state index is -0.850. The Morgan fingerprint density at radius 3 is 2.40 bits per heavy atom. The van der Waals surface area contributed by atoms with Crippen molar-refractivity contribution in [2.24, 2.45) is 5.92 Å². The van der Waals surface area contributed by atoms with E-state index in [2.05, 4.69) is 5.32 Å². The summed E-state index contributed by atoms with van der Waals surface area (Å²) in [5, 5.41) is 11.4. The quantitative estimate of drug-likeness (QED) is 0.703. The normalized spacial score (nSPS) is 15.0. The van der Waals surface area contributed by atoms with E-state index in [1.165, 1.54) is 0 Å². The number of nitrogens with one attached hydrogen (secondary N) is 1. The number of carboxylic acids is 1. The van der Waals surface area contributed by atoms with Crippen LogP contribution >= 0.6 is 0 Å². The molecule has 0 spiro atoms. The Bertz CT molecular complexity index is 580. The Hall–Kier alpha value is -2.37. The molecule has 2 amide bonds. The van der Waals surface area contributed by atoms with Crippen molar-refractivity contribution < 1.29 is 19.5 Å². The van der Waals surface area contributed by atoms with Gasteiger partial charge in [0.15, 0.2) is 0 Å². The molecule has 136 valence electrons. The number of carbonyl (C=O) groups is 3. The van der Waals surface area contributed by atoms with Gasteiger partial charge in [-0.2, -0.15) is 0 Å². The fourth-order valence-electron chi connectivity index (χ4n) is 3.04. The number of piperidine rings is 1. The van der Waals surface area contributed by atoms with Gasteiger partial charge in [-0.15, -0.1) is 0 Å². The monoisotopic (exact) mass is 346 g/mol. The van der Waals surface area contributed by atoms with Gasteiger partial charge in [0.2, 0.25) is 11.8 Å². The standard InChI is InChI=1S/C19H26N2O4/c22-17(9-8-15-5-2-1-3-6-15)21-13-10-16(11-14-21)19(25)20-12-4-7-18(23)24/h1-3,5-6,16H,4,7-14H2,(H,20,25)(H,23,24). The highest BCUT2D eigenvalue weighted by Crippen LogP contribution is 2.18. The molecule has 6 nitrogen and oxygen atoms in total. The predicted molar refractivity (Wildman–Crippen MR) is 93.9 cm³/mol. The third-order valence-electron chi connectivity index (χ3n) is 4.56. The van der Waals surface area contributed by atoms with Crippen LogP contribution in [0.4, 0.5) is 0 Å². The molecule has 25 heavy (non-hydrogen) atoms. The van der Waals surface area contributed by atoms with E-state index >= 15 is 0 Å². The summed E-state index contributed by atoms with van der Waals surface area (Å²) in [6.45, 7) is 1.61. The number of hydrogen-bond acceptors (Lipinski definition) is 3. The highest BCUT2D eigenvalue weighted by atomic mass is 16.4. The Morgan fingerprint density at radius 2 is 1.76 bits per heavy atom. The molecule has 1 aromatic carbocycles. The molecule has 0 aromatic heterocycles. The van der Waals surface area contributed by atoms with Crippen LogP contribution in [0.15, 0.2) is 30.3 Å². The highest BCUT2D eigenvalue weighted by Gasteiger charge is 2.26. The molecule has 1 saturated heterocycles. The maximum atomic E-state index is 12.3. The number of aliphatic carboxylic acids is 1. The van der Waals surface area contributed by atoms with Gasteiger partial charge in [-0.1, -0.05) is 30.3 Å². The summed E-state index contributed by atoms with van der Waals surface area (Å²) in [5.41, 5.74) is 1.16. The molecule has 0 bridgehead atoms. The summed E-state index contributed by atoms with van der Waals surface area (Å²) in [7, 11) is 0. The molecule has 6 heteroatoms. The Morgan fingerprint density at radius 1 is 1.08 bits per heavy atom. The van der Waals surface area contributed by atoms with Crippen LogP contribution < -0.4 is 5.32 Å². The second-order valence-corrected chi connectivity index (χ2v) is 6.43. The van der Waals surface area contributed by atoms with E-state index in [4.69, 9.17) is 5.11 Å². The molecule has 1 heterocycles. The highest BCUT2D eigenvalue weighted by molar-refractivity contribution is 5.80. The maximum absolute atomic E-state index is 12.3. The molecule has 1 aliphatic heterocycles. The largest absolute Gasteiger partial charge is 0.481 e. The first-order chi connectivity index (χ1) is 12.1. The molecular weight excluding hydrogens is 320 g/mol. The van der Waals surface area contributed by atoms with E-state index in [9.17, 15) is 14.4 Å². The molecule has 0 radical (unpaired) electrons. The van der Waals surface area contributed by atoms with Crippen LogP contribution in [-0.4, -0.2) is 47.4 Å². The molecule has 0 unspecified atom stereocenters. The molecule has 1 aliphatic rings. The number of carbonyl (C=O) groups excluding carboxylic acids is 2. The second kappa shape index (κ2) is 9.81. The second-order valence-electron chi connectivity index (χ2n) is 6.43. The zero-order valence-corrected chi connectivity index (χ0v) is 14.4. The van der Waals surface area contributed by atoms with E-state index in [0.717, 1.165) is 12.0 Å². The van der Waals surface area contributed by atoms with Crippen molar-refractivity contribution in [2.75, 3.05) is 19.6 Å². The lowest BCUT2D eigenvalue weighted by atomic mass is 9.95. The van der Waals surface area contributed by atoms with Crippen LogP contribution in [0.3, 0.4) is 0 Å². The average molecular weight is 346 g/mol. The van der Waals surface area contributed by atoms with Crippen molar-refractivity contribution in [3.8, 4) is 0 Å². The van der Waals surface area contributed by atoms with Crippen LogP contribution in [0.2, 0.25) is 0 Å². The molecule has 0 saturated carbocycles. The summed E-state index contributed by atoms with van der Waals surface area (Å²) in [4.78, 5) is 36.6. The van der Waals surface area contributed by atoms with E-state index in [1.54, 1.807) is 0 Å². The number of rotatable bonds is 8. The Labute approximate surface area is 148 Å². The van der Waals surface area contributed by atoms with Crippen molar-refractivity contribution in [3.05, 3.63) is 35.9 Å². The van der Waals surface area contributed by atoms with Crippen molar-refractivity contribution in [1.29, 1.82) is 0 Å². The lowest BCUT2D eigenvalue weighted by molar-refractivity contribution is -0.137. The Kier molecular flexibility index (Phi) is 7.44.